The summed E-state index contributed by atoms with van der Waals surface area (Å²) in [6.45, 7) is 2.62. The van der Waals surface area contributed by atoms with Crippen LogP contribution in [0.25, 0.3) is 0 Å². The van der Waals surface area contributed by atoms with Gasteiger partial charge in [0.2, 0.25) is 11.8 Å². The number of nitrogens with one attached hydrogen (secondary N) is 2. The number of nitrogens with zero attached hydrogens (tertiary/aromatic N) is 1. The standard InChI is InChI=1S/C15H15N3O4/c1-2-16-8-3-4-9-10(7-8)15(22)18(14(9)21)11-5-6-12(19)17-13(11)20/h3-4,7,11,16H,2,5-6H2,1H3,(H,17,19,20). The molecule has 0 saturated carbocycles. The molecular weight excluding hydrogens is 286 g/mol. The molecule has 0 spiro atoms. The topological polar surface area (TPSA) is 95.6 Å². The van der Waals surface area contributed by atoms with Crippen LogP contribution in [0, 0.1) is 0 Å². The van der Waals surface area contributed by atoms with Crippen LogP contribution in [0.3, 0.4) is 0 Å². The lowest BCUT2D eigenvalue weighted by atomic mass is 10.0. The third-order valence-electron chi connectivity index (χ3n) is 3.82. The Bertz CT molecular complexity index is 698. The first-order valence-corrected chi connectivity index (χ1v) is 7.12. The molecule has 2 N–H and O–H groups in total. The molecule has 1 aromatic rings. The summed E-state index contributed by atoms with van der Waals surface area (Å²) in [5.41, 5.74) is 1.32. The number of imide groups is 2. The molecule has 7 heteroatoms. The number of fused-ring (bicyclic) bond motifs is 1. The average molecular weight is 301 g/mol. The highest BCUT2D eigenvalue weighted by Crippen LogP contribution is 2.29. The van der Waals surface area contributed by atoms with Crippen LogP contribution in [0.4, 0.5) is 5.69 Å². The summed E-state index contributed by atoms with van der Waals surface area (Å²) in [7, 11) is 0. The van der Waals surface area contributed by atoms with Gasteiger partial charge in [-0.15, -0.1) is 0 Å². The van der Waals surface area contributed by atoms with Gasteiger partial charge in [0.05, 0.1) is 11.1 Å². The van der Waals surface area contributed by atoms with Crippen molar-refractivity contribution >= 4 is 29.3 Å². The summed E-state index contributed by atoms with van der Waals surface area (Å²) >= 11 is 0. The third kappa shape index (κ3) is 2.14. The first-order valence-electron chi connectivity index (χ1n) is 7.12. The Hall–Kier alpha value is -2.70. The van der Waals surface area contributed by atoms with E-state index in [4.69, 9.17) is 0 Å². The minimum absolute atomic E-state index is 0.118. The molecule has 22 heavy (non-hydrogen) atoms. The van der Waals surface area contributed by atoms with E-state index in [0.29, 0.717) is 6.54 Å². The van der Waals surface area contributed by atoms with Crippen molar-refractivity contribution in [3.05, 3.63) is 29.3 Å². The van der Waals surface area contributed by atoms with Crippen molar-refractivity contribution < 1.29 is 19.2 Å². The molecule has 0 aromatic heterocycles. The van der Waals surface area contributed by atoms with E-state index in [-0.39, 0.29) is 29.9 Å². The van der Waals surface area contributed by atoms with Gasteiger partial charge in [-0.3, -0.25) is 29.4 Å². The van der Waals surface area contributed by atoms with Crippen LogP contribution >= 0.6 is 0 Å². The van der Waals surface area contributed by atoms with E-state index in [9.17, 15) is 19.2 Å². The molecule has 0 radical (unpaired) electrons. The predicted octanol–water partition coefficient (Wildman–Crippen LogP) is 0.520. The van der Waals surface area contributed by atoms with Crippen molar-refractivity contribution in [1.29, 1.82) is 0 Å². The van der Waals surface area contributed by atoms with Crippen LogP contribution in [0.15, 0.2) is 18.2 Å². The summed E-state index contributed by atoms with van der Waals surface area (Å²) in [5.74, 6) is -1.96. The maximum atomic E-state index is 12.5. The first-order chi connectivity index (χ1) is 10.5. The smallest absolute Gasteiger partial charge is 0.262 e. The minimum atomic E-state index is -0.923. The Morgan fingerprint density at radius 3 is 2.59 bits per heavy atom. The van der Waals surface area contributed by atoms with Crippen LogP contribution in [-0.2, 0) is 9.59 Å². The molecule has 4 amide bonds. The van der Waals surface area contributed by atoms with Crippen molar-refractivity contribution in [2.75, 3.05) is 11.9 Å². The summed E-state index contributed by atoms with van der Waals surface area (Å²) in [5, 5.41) is 5.25. The zero-order valence-corrected chi connectivity index (χ0v) is 12.0. The van der Waals surface area contributed by atoms with Crippen LogP contribution in [0.2, 0.25) is 0 Å². The Labute approximate surface area is 126 Å². The quantitative estimate of drug-likeness (QED) is 0.794. The molecular formula is C15H15N3O4. The molecule has 1 aromatic carbocycles. The number of piperidine rings is 1. The number of hydrogen-bond donors (Lipinski definition) is 2. The van der Waals surface area contributed by atoms with E-state index in [2.05, 4.69) is 10.6 Å². The maximum absolute atomic E-state index is 12.5. The van der Waals surface area contributed by atoms with Crippen LogP contribution in [0.5, 0.6) is 0 Å². The normalized spacial score (nSPS) is 21.0. The van der Waals surface area contributed by atoms with Crippen molar-refractivity contribution in [2.45, 2.75) is 25.8 Å². The largest absolute Gasteiger partial charge is 0.385 e. The van der Waals surface area contributed by atoms with Gasteiger partial charge in [-0.2, -0.15) is 0 Å². The number of anilines is 1. The second-order valence-corrected chi connectivity index (χ2v) is 5.24. The zero-order chi connectivity index (χ0) is 15.9. The van der Waals surface area contributed by atoms with E-state index in [1.165, 1.54) is 0 Å². The lowest BCUT2D eigenvalue weighted by Gasteiger charge is -2.27. The molecule has 2 aliphatic heterocycles. The highest BCUT2D eigenvalue weighted by Gasteiger charge is 2.44. The average Bonchev–Trinajstić information content (AvgIpc) is 2.72. The molecule has 0 bridgehead atoms. The van der Waals surface area contributed by atoms with E-state index < -0.39 is 23.8 Å². The predicted molar refractivity (Wildman–Crippen MR) is 77.3 cm³/mol. The molecule has 7 nitrogen and oxygen atoms in total. The molecule has 1 saturated heterocycles. The Morgan fingerprint density at radius 2 is 1.91 bits per heavy atom. The fourth-order valence-electron chi connectivity index (χ4n) is 2.79. The molecule has 3 rings (SSSR count). The van der Waals surface area contributed by atoms with Gasteiger partial charge in [-0.05, 0) is 31.5 Å². The molecule has 1 atom stereocenters. The number of hydrogen-bond acceptors (Lipinski definition) is 5. The van der Waals surface area contributed by atoms with E-state index >= 15 is 0 Å². The minimum Gasteiger partial charge on any atom is -0.385 e. The summed E-state index contributed by atoms with van der Waals surface area (Å²) < 4.78 is 0. The Morgan fingerprint density at radius 1 is 1.18 bits per heavy atom. The molecule has 1 fully saturated rings. The zero-order valence-electron chi connectivity index (χ0n) is 12.0. The summed E-state index contributed by atoms with van der Waals surface area (Å²) in [6.07, 6.45) is 0.280. The van der Waals surface area contributed by atoms with Gasteiger partial charge < -0.3 is 5.32 Å². The Balaban J connectivity index is 1.93. The van der Waals surface area contributed by atoms with E-state index in [1.807, 2.05) is 6.92 Å². The number of rotatable bonds is 3. The van der Waals surface area contributed by atoms with Gasteiger partial charge >= 0.3 is 0 Å². The Kier molecular flexibility index (Phi) is 3.40. The molecule has 2 heterocycles. The fourth-order valence-corrected chi connectivity index (χ4v) is 2.79. The number of carbonyl (C=O) groups excluding carboxylic acids is 4. The number of benzene rings is 1. The number of carbonyl (C=O) groups is 4. The molecule has 1 unspecified atom stereocenters. The second kappa shape index (κ2) is 5.25. The van der Waals surface area contributed by atoms with Crippen molar-refractivity contribution in [3.63, 3.8) is 0 Å². The van der Waals surface area contributed by atoms with Gasteiger partial charge in [0, 0.05) is 18.7 Å². The van der Waals surface area contributed by atoms with Crippen LogP contribution in [-0.4, -0.2) is 41.1 Å². The third-order valence-corrected chi connectivity index (χ3v) is 3.82. The van der Waals surface area contributed by atoms with Gasteiger partial charge in [-0.25, -0.2) is 0 Å². The van der Waals surface area contributed by atoms with Gasteiger partial charge in [0.15, 0.2) is 0 Å². The molecule has 0 aliphatic carbocycles. The first kappa shape index (κ1) is 14.2. The van der Waals surface area contributed by atoms with Gasteiger partial charge in [-0.1, -0.05) is 0 Å². The van der Waals surface area contributed by atoms with Crippen LogP contribution < -0.4 is 10.6 Å². The highest BCUT2D eigenvalue weighted by atomic mass is 16.2. The summed E-state index contributed by atoms with van der Waals surface area (Å²) in [6, 6.07) is 4.00. The molecule has 2 aliphatic rings. The van der Waals surface area contributed by atoms with E-state index in [0.717, 1.165) is 10.6 Å². The fraction of sp³-hybridized carbons (Fsp3) is 0.333. The lowest BCUT2D eigenvalue weighted by Crippen LogP contribution is -2.54. The number of amides is 4. The summed E-state index contributed by atoms with van der Waals surface area (Å²) in [4.78, 5) is 49.0. The van der Waals surface area contributed by atoms with Gasteiger partial charge in [0.25, 0.3) is 11.8 Å². The van der Waals surface area contributed by atoms with Crippen molar-refractivity contribution in [3.8, 4) is 0 Å². The maximum Gasteiger partial charge on any atom is 0.262 e. The van der Waals surface area contributed by atoms with E-state index in [1.54, 1.807) is 18.2 Å². The lowest BCUT2D eigenvalue weighted by molar-refractivity contribution is -0.136. The monoisotopic (exact) mass is 301 g/mol. The molecule has 114 valence electrons. The highest BCUT2D eigenvalue weighted by molar-refractivity contribution is 6.23. The SMILES string of the molecule is CCNc1ccc2c(c1)C(=O)N(C1CCC(=O)NC1=O)C2=O. The van der Waals surface area contributed by atoms with Crippen molar-refractivity contribution in [2.24, 2.45) is 0 Å². The second-order valence-electron chi connectivity index (χ2n) is 5.24. The van der Waals surface area contributed by atoms with Crippen LogP contribution in [0.1, 0.15) is 40.5 Å². The van der Waals surface area contributed by atoms with Gasteiger partial charge in [0.1, 0.15) is 6.04 Å². The van der Waals surface area contributed by atoms with Crippen molar-refractivity contribution in [1.82, 2.24) is 10.2 Å².